The molecule has 1 saturated carbocycles. The number of nitrogens with one attached hydrogen (secondary N) is 1. The molecule has 1 heterocycles. The predicted octanol–water partition coefficient (Wildman–Crippen LogP) is 2.60. The highest BCUT2D eigenvalue weighted by Crippen LogP contribution is 2.27. The Labute approximate surface area is 89.9 Å². The van der Waals surface area contributed by atoms with Crippen LogP contribution in [0.15, 0.2) is 24.5 Å². The van der Waals surface area contributed by atoms with Gasteiger partial charge in [0.2, 0.25) is 5.91 Å². The zero-order chi connectivity index (χ0) is 10.5. The molecule has 0 aliphatic heterocycles. The lowest BCUT2D eigenvalue weighted by atomic mass is 10.0. The van der Waals surface area contributed by atoms with E-state index in [-0.39, 0.29) is 5.91 Å². The summed E-state index contributed by atoms with van der Waals surface area (Å²) < 4.78 is 0. The van der Waals surface area contributed by atoms with Crippen molar-refractivity contribution in [3.8, 4) is 0 Å². The molecule has 0 atom stereocenters. The van der Waals surface area contributed by atoms with Crippen molar-refractivity contribution in [3.63, 3.8) is 0 Å². The van der Waals surface area contributed by atoms with Gasteiger partial charge in [-0.05, 0) is 30.9 Å². The first-order valence-electron chi connectivity index (χ1n) is 5.54. The van der Waals surface area contributed by atoms with Crippen LogP contribution in [-0.4, -0.2) is 10.9 Å². The molecule has 2 rings (SSSR count). The molecule has 1 aromatic rings. The van der Waals surface area contributed by atoms with Crippen molar-refractivity contribution in [2.24, 2.45) is 5.92 Å². The smallest absolute Gasteiger partial charge is 0.224 e. The third-order valence-electron chi connectivity index (χ3n) is 2.89. The van der Waals surface area contributed by atoms with E-state index in [0.29, 0.717) is 12.3 Å². The standard InChI is InChI=1S/C12H16N2O/c15-12(8-10-4-1-2-5-10)14-11-6-3-7-13-9-11/h3,6-7,9-10H,1-2,4-5,8H2,(H,14,15). The van der Waals surface area contributed by atoms with Gasteiger partial charge in [-0.3, -0.25) is 9.78 Å². The molecule has 1 aliphatic carbocycles. The van der Waals surface area contributed by atoms with Crippen LogP contribution in [0.25, 0.3) is 0 Å². The van der Waals surface area contributed by atoms with E-state index >= 15 is 0 Å². The Kier molecular flexibility index (Phi) is 3.33. The maximum atomic E-state index is 11.6. The van der Waals surface area contributed by atoms with E-state index in [4.69, 9.17) is 0 Å². The Balaban J connectivity index is 1.82. The Morgan fingerprint density at radius 2 is 2.27 bits per heavy atom. The van der Waals surface area contributed by atoms with Gasteiger partial charge in [0.05, 0.1) is 11.9 Å². The third kappa shape index (κ3) is 3.05. The summed E-state index contributed by atoms with van der Waals surface area (Å²) >= 11 is 0. The largest absolute Gasteiger partial charge is 0.325 e. The maximum absolute atomic E-state index is 11.6. The Morgan fingerprint density at radius 3 is 2.93 bits per heavy atom. The normalized spacial score (nSPS) is 16.5. The van der Waals surface area contributed by atoms with E-state index in [1.54, 1.807) is 12.4 Å². The zero-order valence-electron chi connectivity index (χ0n) is 8.78. The predicted molar refractivity (Wildman–Crippen MR) is 59.4 cm³/mol. The van der Waals surface area contributed by atoms with E-state index < -0.39 is 0 Å². The van der Waals surface area contributed by atoms with Crippen LogP contribution in [0.5, 0.6) is 0 Å². The van der Waals surface area contributed by atoms with E-state index in [2.05, 4.69) is 10.3 Å². The molecule has 1 amide bonds. The summed E-state index contributed by atoms with van der Waals surface area (Å²) in [5.41, 5.74) is 0.792. The lowest BCUT2D eigenvalue weighted by Gasteiger charge is -2.08. The number of nitrogens with zero attached hydrogens (tertiary/aromatic N) is 1. The van der Waals surface area contributed by atoms with Crippen LogP contribution >= 0.6 is 0 Å². The number of hydrogen-bond acceptors (Lipinski definition) is 2. The highest BCUT2D eigenvalue weighted by Gasteiger charge is 2.18. The van der Waals surface area contributed by atoms with Crippen molar-refractivity contribution in [2.75, 3.05) is 5.32 Å². The van der Waals surface area contributed by atoms with Gasteiger partial charge in [0.15, 0.2) is 0 Å². The van der Waals surface area contributed by atoms with Crippen LogP contribution in [0.4, 0.5) is 5.69 Å². The van der Waals surface area contributed by atoms with Crippen molar-refractivity contribution in [3.05, 3.63) is 24.5 Å². The molecule has 80 valence electrons. The molecule has 1 aromatic heterocycles. The van der Waals surface area contributed by atoms with E-state index in [1.165, 1.54) is 25.7 Å². The molecule has 0 radical (unpaired) electrons. The van der Waals surface area contributed by atoms with Gasteiger partial charge in [0, 0.05) is 12.6 Å². The molecule has 1 aliphatic rings. The molecular weight excluding hydrogens is 188 g/mol. The Bertz CT molecular complexity index is 318. The molecule has 15 heavy (non-hydrogen) atoms. The van der Waals surface area contributed by atoms with Crippen LogP contribution in [0, 0.1) is 5.92 Å². The van der Waals surface area contributed by atoms with Crippen LogP contribution in [0.1, 0.15) is 32.1 Å². The molecule has 0 bridgehead atoms. The van der Waals surface area contributed by atoms with Crippen molar-refractivity contribution in [2.45, 2.75) is 32.1 Å². The lowest BCUT2D eigenvalue weighted by molar-refractivity contribution is -0.117. The molecule has 1 fully saturated rings. The van der Waals surface area contributed by atoms with Gasteiger partial charge in [-0.2, -0.15) is 0 Å². The van der Waals surface area contributed by atoms with Crippen molar-refractivity contribution >= 4 is 11.6 Å². The quantitative estimate of drug-likeness (QED) is 0.822. The van der Waals surface area contributed by atoms with Crippen molar-refractivity contribution in [1.29, 1.82) is 0 Å². The van der Waals surface area contributed by atoms with Gasteiger partial charge < -0.3 is 5.32 Å². The average Bonchev–Trinajstić information content (AvgIpc) is 2.71. The average molecular weight is 204 g/mol. The third-order valence-corrected chi connectivity index (χ3v) is 2.89. The summed E-state index contributed by atoms with van der Waals surface area (Å²) in [7, 11) is 0. The summed E-state index contributed by atoms with van der Waals surface area (Å²) in [6.07, 6.45) is 9.02. The molecule has 0 spiro atoms. The highest BCUT2D eigenvalue weighted by molar-refractivity contribution is 5.90. The molecule has 3 nitrogen and oxygen atoms in total. The second-order valence-corrected chi connectivity index (χ2v) is 4.14. The maximum Gasteiger partial charge on any atom is 0.224 e. The van der Waals surface area contributed by atoms with Crippen LogP contribution in [0.2, 0.25) is 0 Å². The number of pyridine rings is 1. The topological polar surface area (TPSA) is 42.0 Å². The molecule has 0 saturated heterocycles. The van der Waals surface area contributed by atoms with Gasteiger partial charge in [-0.15, -0.1) is 0 Å². The first-order valence-corrected chi connectivity index (χ1v) is 5.54. The van der Waals surface area contributed by atoms with Crippen LogP contribution in [-0.2, 0) is 4.79 Å². The Hall–Kier alpha value is -1.38. The van der Waals surface area contributed by atoms with Crippen LogP contribution in [0.3, 0.4) is 0 Å². The van der Waals surface area contributed by atoms with E-state index in [1.807, 2.05) is 12.1 Å². The first-order chi connectivity index (χ1) is 7.34. The Morgan fingerprint density at radius 1 is 1.47 bits per heavy atom. The van der Waals surface area contributed by atoms with E-state index in [0.717, 1.165) is 5.69 Å². The fraction of sp³-hybridized carbons (Fsp3) is 0.500. The van der Waals surface area contributed by atoms with Gasteiger partial charge in [0.25, 0.3) is 0 Å². The first kappa shape index (κ1) is 10.1. The summed E-state index contributed by atoms with van der Waals surface area (Å²) in [6, 6.07) is 3.69. The van der Waals surface area contributed by atoms with Gasteiger partial charge in [0.1, 0.15) is 0 Å². The van der Waals surface area contributed by atoms with Crippen molar-refractivity contribution in [1.82, 2.24) is 4.98 Å². The number of rotatable bonds is 3. The van der Waals surface area contributed by atoms with E-state index in [9.17, 15) is 4.79 Å². The fourth-order valence-corrected chi connectivity index (χ4v) is 2.13. The molecular formula is C12H16N2O. The highest BCUT2D eigenvalue weighted by atomic mass is 16.1. The minimum atomic E-state index is 0.120. The monoisotopic (exact) mass is 204 g/mol. The molecule has 1 N–H and O–H groups in total. The fourth-order valence-electron chi connectivity index (χ4n) is 2.13. The second-order valence-electron chi connectivity index (χ2n) is 4.14. The summed E-state index contributed by atoms with van der Waals surface area (Å²) in [5.74, 6) is 0.719. The zero-order valence-corrected chi connectivity index (χ0v) is 8.78. The number of hydrogen-bond donors (Lipinski definition) is 1. The molecule has 0 aromatic carbocycles. The summed E-state index contributed by atoms with van der Waals surface area (Å²) in [6.45, 7) is 0. The van der Waals surface area contributed by atoms with Gasteiger partial charge >= 0.3 is 0 Å². The lowest BCUT2D eigenvalue weighted by Crippen LogP contribution is -2.15. The summed E-state index contributed by atoms with van der Waals surface area (Å²) in [5, 5.41) is 2.87. The molecule has 0 unspecified atom stereocenters. The second kappa shape index (κ2) is 4.91. The number of carbonyl (C=O) groups is 1. The van der Waals surface area contributed by atoms with Crippen molar-refractivity contribution < 1.29 is 4.79 Å². The minimum Gasteiger partial charge on any atom is -0.325 e. The molecule has 3 heteroatoms. The number of carbonyl (C=O) groups excluding carboxylic acids is 1. The van der Waals surface area contributed by atoms with Crippen LogP contribution < -0.4 is 5.32 Å². The van der Waals surface area contributed by atoms with Gasteiger partial charge in [-0.25, -0.2) is 0 Å². The number of amides is 1. The summed E-state index contributed by atoms with van der Waals surface area (Å²) in [4.78, 5) is 15.6. The SMILES string of the molecule is O=C(CC1CCCC1)Nc1cccnc1. The number of aromatic nitrogens is 1. The number of anilines is 1. The van der Waals surface area contributed by atoms with Gasteiger partial charge in [-0.1, -0.05) is 12.8 Å². The minimum absolute atomic E-state index is 0.120.